The number of hydrogen-bond acceptors (Lipinski definition) is 6. The van der Waals surface area contributed by atoms with Crippen molar-refractivity contribution in [1.82, 2.24) is 19.9 Å². The summed E-state index contributed by atoms with van der Waals surface area (Å²) in [6.07, 6.45) is 1.82. The molecule has 0 fully saturated rings. The van der Waals surface area contributed by atoms with E-state index in [4.69, 9.17) is 0 Å². The second-order valence-corrected chi connectivity index (χ2v) is 5.01. The molecule has 2 rings (SSSR count). The lowest BCUT2D eigenvalue weighted by molar-refractivity contribution is 0.914. The van der Waals surface area contributed by atoms with Gasteiger partial charge in [-0.2, -0.15) is 0 Å². The molecule has 0 bridgehead atoms. The molecule has 1 N–H and O–H groups in total. The van der Waals surface area contributed by atoms with Crippen molar-refractivity contribution in [2.75, 3.05) is 24.3 Å². The summed E-state index contributed by atoms with van der Waals surface area (Å²) in [7, 11) is 3.86. The number of aryl methyl sites for hydroxylation is 3. The first-order valence-electron chi connectivity index (χ1n) is 6.51. The lowest BCUT2D eigenvalue weighted by atomic mass is 10.3. The first kappa shape index (κ1) is 14.2. The number of aromatic nitrogens is 4. The molecule has 0 saturated carbocycles. The Morgan fingerprint density at radius 2 is 1.85 bits per heavy atom. The van der Waals surface area contributed by atoms with Crippen LogP contribution in [0.4, 0.5) is 11.9 Å². The summed E-state index contributed by atoms with van der Waals surface area (Å²) in [5.41, 5.74) is 3.93. The van der Waals surface area contributed by atoms with Crippen molar-refractivity contribution in [2.24, 2.45) is 0 Å². The highest BCUT2D eigenvalue weighted by molar-refractivity contribution is 5.33. The largest absolute Gasteiger partial charge is 0.349 e. The average Bonchev–Trinajstić information content (AvgIpc) is 2.39. The second kappa shape index (κ2) is 5.81. The highest BCUT2D eigenvalue weighted by Crippen LogP contribution is 2.10. The average molecular weight is 272 g/mol. The Balaban J connectivity index is 2.12. The molecule has 0 amide bonds. The molecule has 2 aromatic rings. The van der Waals surface area contributed by atoms with Gasteiger partial charge in [-0.25, -0.2) is 19.9 Å². The maximum absolute atomic E-state index is 4.48. The van der Waals surface area contributed by atoms with Crippen LogP contribution in [0.2, 0.25) is 0 Å². The summed E-state index contributed by atoms with van der Waals surface area (Å²) in [6, 6.07) is 1.96. The maximum atomic E-state index is 4.48. The Morgan fingerprint density at radius 3 is 2.50 bits per heavy atom. The minimum absolute atomic E-state index is 0.576. The molecule has 0 aliphatic heterocycles. The zero-order valence-electron chi connectivity index (χ0n) is 12.6. The quantitative estimate of drug-likeness (QED) is 0.916. The van der Waals surface area contributed by atoms with E-state index in [-0.39, 0.29) is 0 Å². The van der Waals surface area contributed by atoms with Gasteiger partial charge in [-0.05, 0) is 32.4 Å². The van der Waals surface area contributed by atoms with Crippen LogP contribution >= 0.6 is 0 Å². The Morgan fingerprint density at radius 1 is 1.10 bits per heavy atom. The second-order valence-electron chi connectivity index (χ2n) is 5.01. The molecule has 6 heteroatoms. The van der Waals surface area contributed by atoms with Gasteiger partial charge in [0.15, 0.2) is 0 Å². The predicted molar refractivity (Wildman–Crippen MR) is 79.9 cm³/mol. The van der Waals surface area contributed by atoms with Crippen LogP contribution in [-0.2, 0) is 6.54 Å². The van der Waals surface area contributed by atoms with Crippen LogP contribution in [0.5, 0.6) is 0 Å². The van der Waals surface area contributed by atoms with Crippen LogP contribution < -0.4 is 10.2 Å². The molecular formula is C14H20N6. The highest BCUT2D eigenvalue weighted by atomic mass is 15.2. The van der Waals surface area contributed by atoms with Crippen LogP contribution in [0, 0.1) is 20.8 Å². The van der Waals surface area contributed by atoms with E-state index in [0.29, 0.717) is 18.4 Å². The molecule has 0 atom stereocenters. The summed E-state index contributed by atoms with van der Waals surface area (Å²) in [5.74, 6) is 1.33. The van der Waals surface area contributed by atoms with Gasteiger partial charge in [0.25, 0.3) is 0 Å². The Labute approximate surface area is 119 Å². The maximum Gasteiger partial charge on any atom is 0.225 e. The Kier molecular flexibility index (Phi) is 4.12. The highest BCUT2D eigenvalue weighted by Gasteiger charge is 2.05. The minimum atomic E-state index is 0.576. The van der Waals surface area contributed by atoms with Gasteiger partial charge < -0.3 is 10.2 Å². The van der Waals surface area contributed by atoms with Gasteiger partial charge in [-0.3, -0.25) is 0 Å². The van der Waals surface area contributed by atoms with E-state index in [9.17, 15) is 0 Å². The van der Waals surface area contributed by atoms with Crippen LogP contribution in [0.25, 0.3) is 0 Å². The summed E-state index contributed by atoms with van der Waals surface area (Å²) in [5, 5.41) is 3.19. The molecular weight excluding hydrogens is 252 g/mol. The first-order chi connectivity index (χ1) is 9.45. The molecule has 0 radical (unpaired) electrons. The van der Waals surface area contributed by atoms with E-state index in [1.807, 2.05) is 52.0 Å². The molecule has 0 aliphatic carbocycles. The van der Waals surface area contributed by atoms with E-state index in [0.717, 1.165) is 22.6 Å². The summed E-state index contributed by atoms with van der Waals surface area (Å²) in [4.78, 5) is 19.4. The third kappa shape index (κ3) is 3.40. The van der Waals surface area contributed by atoms with Crippen molar-refractivity contribution in [3.8, 4) is 0 Å². The Bertz CT molecular complexity index is 609. The van der Waals surface area contributed by atoms with Gasteiger partial charge in [-0.1, -0.05) is 0 Å². The number of nitrogens with one attached hydrogen (secondary N) is 1. The number of hydrogen-bond donors (Lipinski definition) is 1. The molecule has 0 aromatic carbocycles. The fourth-order valence-electron chi connectivity index (χ4n) is 1.69. The van der Waals surface area contributed by atoms with Crippen LogP contribution in [0.3, 0.4) is 0 Å². The summed E-state index contributed by atoms with van der Waals surface area (Å²) in [6.45, 7) is 6.51. The Hall–Kier alpha value is -2.24. The van der Waals surface area contributed by atoms with Gasteiger partial charge in [0.1, 0.15) is 0 Å². The lowest BCUT2D eigenvalue weighted by Crippen LogP contribution is -2.15. The van der Waals surface area contributed by atoms with Crippen LogP contribution in [0.15, 0.2) is 12.3 Å². The number of rotatable bonds is 4. The van der Waals surface area contributed by atoms with Crippen molar-refractivity contribution in [3.05, 3.63) is 34.9 Å². The van der Waals surface area contributed by atoms with Crippen LogP contribution in [-0.4, -0.2) is 34.0 Å². The minimum Gasteiger partial charge on any atom is -0.349 e. The molecule has 2 heterocycles. The molecule has 0 unspecified atom stereocenters. The van der Waals surface area contributed by atoms with E-state index >= 15 is 0 Å². The van der Waals surface area contributed by atoms with Crippen molar-refractivity contribution in [1.29, 1.82) is 0 Å². The van der Waals surface area contributed by atoms with Crippen molar-refractivity contribution in [2.45, 2.75) is 27.3 Å². The van der Waals surface area contributed by atoms with E-state index in [2.05, 4.69) is 25.3 Å². The molecule has 0 aliphatic rings. The first-order valence-corrected chi connectivity index (χ1v) is 6.51. The van der Waals surface area contributed by atoms with Crippen molar-refractivity contribution >= 4 is 11.9 Å². The van der Waals surface area contributed by atoms with Gasteiger partial charge >= 0.3 is 0 Å². The standard InChI is InChI=1S/C14H20N6/c1-9-7-15-13(18-11(9)3)16-8-12-6-10(2)17-14(19-12)20(4)5/h6-7H,8H2,1-5H3,(H,15,16,18). The zero-order valence-corrected chi connectivity index (χ0v) is 12.6. The van der Waals surface area contributed by atoms with Gasteiger partial charge in [0.2, 0.25) is 11.9 Å². The molecule has 2 aromatic heterocycles. The fraction of sp³-hybridized carbons (Fsp3) is 0.429. The molecule has 106 valence electrons. The normalized spacial score (nSPS) is 10.4. The van der Waals surface area contributed by atoms with E-state index in [1.54, 1.807) is 0 Å². The number of nitrogens with zero attached hydrogens (tertiary/aromatic N) is 5. The van der Waals surface area contributed by atoms with Gasteiger partial charge in [-0.15, -0.1) is 0 Å². The molecule has 20 heavy (non-hydrogen) atoms. The summed E-state index contributed by atoms with van der Waals surface area (Å²) < 4.78 is 0. The van der Waals surface area contributed by atoms with E-state index < -0.39 is 0 Å². The van der Waals surface area contributed by atoms with Gasteiger partial charge in [0, 0.05) is 31.7 Å². The predicted octanol–water partition coefficient (Wildman–Crippen LogP) is 1.87. The van der Waals surface area contributed by atoms with E-state index in [1.165, 1.54) is 0 Å². The molecule has 0 spiro atoms. The van der Waals surface area contributed by atoms with Crippen molar-refractivity contribution in [3.63, 3.8) is 0 Å². The monoisotopic (exact) mass is 272 g/mol. The SMILES string of the molecule is Cc1cc(CNc2ncc(C)c(C)n2)nc(N(C)C)n1. The third-order valence-electron chi connectivity index (χ3n) is 2.95. The third-order valence-corrected chi connectivity index (χ3v) is 2.95. The smallest absolute Gasteiger partial charge is 0.225 e. The molecule has 0 saturated heterocycles. The zero-order chi connectivity index (χ0) is 14.7. The van der Waals surface area contributed by atoms with Crippen LogP contribution in [0.1, 0.15) is 22.6 Å². The topological polar surface area (TPSA) is 66.8 Å². The fourth-order valence-corrected chi connectivity index (χ4v) is 1.69. The molecule has 6 nitrogen and oxygen atoms in total. The number of anilines is 2. The van der Waals surface area contributed by atoms with Crippen molar-refractivity contribution < 1.29 is 0 Å². The van der Waals surface area contributed by atoms with Gasteiger partial charge in [0.05, 0.1) is 12.2 Å². The summed E-state index contributed by atoms with van der Waals surface area (Å²) >= 11 is 0. The lowest BCUT2D eigenvalue weighted by Gasteiger charge is -2.13.